The van der Waals surface area contributed by atoms with Gasteiger partial charge in [0, 0.05) is 23.1 Å². The van der Waals surface area contributed by atoms with Crippen LogP contribution in [0.5, 0.6) is 0 Å². The van der Waals surface area contributed by atoms with Crippen molar-refractivity contribution in [2.75, 3.05) is 18.5 Å². The van der Waals surface area contributed by atoms with E-state index in [9.17, 15) is 10.2 Å². The summed E-state index contributed by atoms with van der Waals surface area (Å²) in [6.07, 6.45) is 21.4. The molecular weight excluding hydrogens is 494 g/mol. The van der Waals surface area contributed by atoms with Crippen LogP contribution in [0, 0.1) is 5.41 Å². The summed E-state index contributed by atoms with van der Waals surface area (Å²) >= 11 is 0. The van der Waals surface area contributed by atoms with Crippen molar-refractivity contribution in [1.29, 1.82) is 0 Å². The molecule has 214 valence electrons. The van der Waals surface area contributed by atoms with Gasteiger partial charge in [-0.15, -0.1) is 0 Å². The van der Waals surface area contributed by atoms with Gasteiger partial charge in [0.2, 0.25) is 0 Å². The second kappa shape index (κ2) is 12.1. The molecule has 2 unspecified atom stereocenters. The van der Waals surface area contributed by atoms with Crippen molar-refractivity contribution in [1.82, 2.24) is 9.55 Å². The van der Waals surface area contributed by atoms with Gasteiger partial charge in [-0.2, -0.15) is 0 Å². The third-order valence-corrected chi connectivity index (χ3v) is 10.3. The topological polar surface area (TPSA) is 70.3 Å². The van der Waals surface area contributed by atoms with E-state index >= 15 is 0 Å². The van der Waals surface area contributed by atoms with Gasteiger partial charge >= 0.3 is 0 Å². The molecule has 1 aliphatic heterocycles. The predicted octanol–water partition coefficient (Wildman–Crippen LogP) is 8.44. The molecule has 0 saturated heterocycles. The number of nitrogens with zero attached hydrogens (tertiary/aromatic N) is 2. The first-order chi connectivity index (χ1) is 19.6. The van der Waals surface area contributed by atoms with Crippen LogP contribution in [0.1, 0.15) is 119 Å². The molecule has 5 nitrogen and oxygen atoms in total. The number of anilines is 1. The molecular formula is C35H47N3O2. The number of aliphatic hydroxyl groups excluding tert-OH is 2. The third kappa shape index (κ3) is 5.35. The minimum absolute atomic E-state index is 0.0881. The fourth-order valence-corrected chi connectivity index (χ4v) is 7.79. The second-order valence-corrected chi connectivity index (χ2v) is 12.8. The van der Waals surface area contributed by atoms with Crippen LogP contribution >= 0.6 is 0 Å². The van der Waals surface area contributed by atoms with Crippen molar-refractivity contribution in [3.8, 4) is 11.1 Å². The lowest BCUT2D eigenvalue weighted by molar-refractivity contribution is 0.0368. The lowest BCUT2D eigenvalue weighted by Crippen LogP contribution is -2.29. The highest BCUT2D eigenvalue weighted by molar-refractivity contribution is 5.86. The summed E-state index contributed by atoms with van der Waals surface area (Å²) < 4.78 is 2.43. The molecule has 2 fully saturated rings. The van der Waals surface area contributed by atoms with Gasteiger partial charge in [0.1, 0.15) is 0 Å². The molecule has 3 aliphatic rings. The number of fused-ring (bicyclic) bond motifs is 2. The molecule has 2 atom stereocenters. The molecule has 2 heterocycles. The lowest BCUT2D eigenvalue weighted by Gasteiger charge is -2.29. The normalized spacial score (nSPS) is 23.7. The monoisotopic (exact) mass is 541 g/mol. The van der Waals surface area contributed by atoms with E-state index in [1.165, 1.54) is 65.6 Å². The summed E-state index contributed by atoms with van der Waals surface area (Å²) in [4.78, 5) is 4.90. The van der Waals surface area contributed by atoms with Crippen LogP contribution in [-0.2, 0) is 0 Å². The smallest absolute Gasteiger partial charge is 0.0960 e. The van der Waals surface area contributed by atoms with Crippen LogP contribution in [0.4, 0.5) is 5.69 Å². The lowest BCUT2D eigenvalue weighted by atomic mass is 9.79. The second-order valence-electron chi connectivity index (χ2n) is 12.8. The van der Waals surface area contributed by atoms with Crippen LogP contribution in [-0.4, -0.2) is 33.0 Å². The van der Waals surface area contributed by atoms with Crippen LogP contribution in [0.25, 0.3) is 22.2 Å². The molecule has 40 heavy (non-hydrogen) atoms. The van der Waals surface area contributed by atoms with Crippen LogP contribution in [0.3, 0.4) is 0 Å². The fourth-order valence-electron chi connectivity index (χ4n) is 7.79. The van der Waals surface area contributed by atoms with Gasteiger partial charge in [0.25, 0.3) is 0 Å². The maximum atomic E-state index is 10.0. The fraction of sp³-hybridized carbons (Fsp3) is 0.571. The zero-order valence-electron chi connectivity index (χ0n) is 24.2. The molecule has 2 aliphatic carbocycles. The summed E-state index contributed by atoms with van der Waals surface area (Å²) in [7, 11) is 0. The first kappa shape index (κ1) is 27.5. The molecule has 2 aromatic carbocycles. The maximum absolute atomic E-state index is 10.0. The number of hydrogen-bond donors (Lipinski definition) is 3. The third-order valence-electron chi connectivity index (χ3n) is 10.3. The van der Waals surface area contributed by atoms with Gasteiger partial charge in [-0.05, 0) is 97.5 Å². The van der Waals surface area contributed by atoms with Crippen molar-refractivity contribution in [3.05, 3.63) is 60.1 Å². The highest BCUT2D eigenvalue weighted by atomic mass is 16.3. The Morgan fingerprint density at radius 1 is 0.925 bits per heavy atom. The molecule has 2 saturated carbocycles. The Morgan fingerprint density at radius 3 is 2.50 bits per heavy atom. The zero-order chi connectivity index (χ0) is 27.5. The average molecular weight is 542 g/mol. The highest BCUT2D eigenvalue weighted by Gasteiger charge is 2.30. The Balaban J connectivity index is 1.37. The van der Waals surface area contributed by atoms with Gasteiger partial charge in [-0.3, -0.25) is 0 Å². The number of rotatable bonds is 6. The summed E-state index contributed by atoms with van der Waals surface area (Å²) in [5, 5.41) is 23.7. The number of nitrogens with one attached hydrogen (secondary N) is 1. The first-order valence-electron chi connectivity index (χ1n) is 15.9. The number of benzene rings is 2. The Labute approximate surface area is 239 Å². The Hall–Kier alpha value is -2.63. The van der Waals surface area contributed by atoms with E-state index in [1.54, 1.807) is 0 Å². The summed E-state index contributed by atoms with van der Waals surface area (Å²) in [6.45, 7) is 2.46. The number of imidazole rings is 1. The van der Waals surface area contributed by atoms with Crippen molar-refractivity contribution in [3.63, 3.8) is 0 Å². The Bertz CT molecular complexity index is 1330. The number of hydrogen-bond acceptors (Lipinski definition) is 4. The van der Waals surface area contributed by atoms with Crippen molar-refractivity contribution in [2.24, 2.45) is 5.41 Å². The van der Waals surface area contributed by atoms with Crippen molar-refractivity contribution >= 4 is 16.7 Å². The van der Waals surface area contributed by atoms with Gasteiger partial charge < -0.3 is 20.1 Å². The SMILES string of the molecule is CCC1C=CNc2cc(C3CCCCC(CO)(CO)CCC3)cc(-c3ccc4c(c3)ncn4C3CCCCC3)c21. The molecule has 0 bridgehead atoms. The molecule has 6 rings (SSSR count). The van der Waals surface area contributed by atoms with E-state index < -0.39 is 0 Å². The molecule has 3 N–H and O–H groups in total. The quantitative estimate of drug-likeness (QED) is 0.293. The zero-order valence-corrected chi connectivity index (χ0v) is 24.2. The Kier molecular flexibility index (Phi) is 8.32. The van der Waals surface area contributed by atoms with Crippen LogP contribution in [0.2, 0.25) is 0 Å². The number of aromatic nitrogens is 2. The summed E-state index contributed by atoms with van der Waals surface area (Å²) in [6, 6.07) is 12.4. The number of aliphatic hydroxyl groups is 2. The van der Waals surface area contributed by atoms with E-state index in [4.69, 9.17) is 4.98 Å². The highest BCUT2D eigenvalue weighted by Crippen LogP contribution is 2.45. The van der Waals surface area contributed by atoms with Crippen LogP contribution in [0.15, 0.2) is 48.9 Å². The van der Waals surface area contributed by atoms with E-state index in [1.807, 2.05) is 0 Å². The summed E-state index contributed by atoms with van der Waals surface area (Å²) in [5.74, 6) is 0.880. The molecule has 0 radical (unpaired) electrons. The molecule has 1 aromatic heterocycles. The van der Waals surface area contributed by atoms with Gasteiger partial charge in [-0.1, -0.05) is 63.7 Å². The molecule has 3 aromatic rings. The first-order valence-corrected chi connectivity index (χ1v) is 15.9. The minimum Gasteiger partial charge on any atom is -0.396 e. The van der Waals surface area contributed by atoms with Crippen molar-refractivity contribution < 1.29 is 10.2 Å². The maximum Gasteiger partial charge on any atom is 0.0960 e. The predicted molar refractivity (Wildman–Crippen MR) is 165 cm³/mol. The average Bonchev–Trinajstić information content (AvgIpc) is 3.47. The van der Waals surface area contributed by atoms with Gasteiger partial charge in [-0.25, -0.2) is 4.98 Å². The standard InChI is InChI=1S/C35H47N3O2/c1-2-25-15-18-36-32-21-28(26-9-6-7-16-35(22-39,23-40)17-8-10-26)19-30(34(25)32)27-13-14-33-31(20-27)37-24-38(33)29-11-4-3-5-12-29/h13-15,18-21,24-26,29,36,39-40H,2-12,16-17,22-23H2,1H3. The van der Waals surface area contributed by atoms with E-state index in [0.29, 0.717) is 17.9 Å². The molecule has 0 amide bonds. The van der Waals surface area contributed by atoms with E-state index in [-0.39, 0.29) is 18.6 Å². The van der Waals surface area contributed by atoms with E-state index in [2.05, 4.69) is 65.7 Å². The summed E-state index contributed by atoms with van der Waals surface area (Å²) in [5.41, 5.74) is 8.71. The van der Waals surface area contributed by atoms with Crippen molar-refractivity contribution in [2.45, 2.75) is 108 Å². The van der Waals surface area contributed by atoms with Gasteiger partial charge in [0.05, 0.1) is 30.6 Å². The largest absolute Gasteiger partial charge is 0.396 e. The number of allylic oxidation sites excluding steroid dienone is 1. The Morgan fingerprint density at radius 2 is 1.70 bits per heavy atom. The van der Waals surface area contributed by atoms with Gasteiger partial charge in [0.15, 0.2) is 0 Å². The van der Waals surface area contributed by atoms with Crippen LogP contribution < -0.4 is 5.32 Å². The molecule has 5 heteroatoms. The van der Waals surface area contributed by atoms with E-state index in [0.717, 1.165) is 56.9 Å². The molecule has 0 spiro atoms. The minimum atomic E-state index is -0.312.